The minimum Gasteiger partial charge on any atom is -0.145 e. The SMILES string of the molecule is CC.CC.CC.CC.Cc1sc(C)c(C)c1C. The van der Waals surface area contributed by atoms with Crippen molar-refractivity contribution in [2.24, 2.45) is 0 Å². The number of thiophene rings is 1. The van der Waals surface area contributed by atoms with E-state index < -0.39 is 0 Å². The van der Waals surface area contributed by atoms with E-state index >= 15 is 0 Å². The maximum absolute atomic E-state index is 2.19. The van der Waals surface area contributed by atoms with E-state index in [9.17, 15) is 0 Å². The fraction of sp³-hybridized carbons (Fsp3) is 0.750. The summed E-state index contributed by atoms with van der Waals surface area (Å²) < 4.78 is 0. The molecule has 1 heterocycles. The number of hydrogen-bond acceptors (Lipinski definition) is 1. The Hall–Kier alpha value is -0.300. The molecule has 1 aromatic rings. The first kappa shape index (κ1) is 25.5. The Morgan fingerprint density at radius 2 is 0.647 bits per heavy atom. The van der Waals surface area contributed by atoms with Crippen LogP contribution in [0.25, 0.3) is 0 Å². The Balaban J connectivity index is -0.0000000905. The molecule has 0 N–H and O–H groups in total. The zero-order valence-corrected chi connectivity index (χ0v) is 15.2. The maximum atomic E-state index is 2.19. The Labute approximate surface area is 115 Å². The maximum Gasteiger partial charge on any atom is 0.00489 e. The van der Waals surface area contributed by atoms with Gasteiger partial charge in [-0.15, -0.1) is 11.3 Å². The van der Waals surface area contributed by atoms with Gasteiger partial charge in [0.1, 0.15) is 0 Å². The van der Waals surface area contributed by atoms with E-state index in [-0.39, 0.29) is 0 Å². The molecular weight excluding hydrogens is 224 g/mol. The largest absolute Gasteiger partial charge is 0.145 e. The van der Waals surface area contributed by atoms with Crippen LogP contribution < -0.4 is 0 Å². The zero-order valence-electron chi connectivity index (χ0n) is 14.4. The lowest BCUT2D eigenvalue weighted by atomic mass is 10.2. The number of rotatable bonds is 0. The van der Waals surface area contributed by atoms with Gasteiger partial charge in [0.05, 0.1) is 0 Å². The summed E-state index contributed by atoms with van der Waals surface area (Å²) in [5.41, 5.74) is 2.94. The minimum absolute atomic E-state index is 1.46. The molecule has 0 atom stereocenters. The number of aryl methyl sites for hydroxylation is 2. The van der Waals surface area contributed by atoms with Crippen molar-refractivity contribution >= 4 is 11.3 Å². The molecule has 1 rings (SSSR count). The van der Waals surface area contributed by atoms with E-state index in [0.717, 1.165) is 0 Å². The summed E-state index contributed by atoms with van der Waals surface area (Å²) in [5.74, 6) is 0. The molecule has 17 heavy (non-hydrogen) atoms. The van der Waals surface area contributed by atoms with Gasteiger partial charge in [-0.25, -0.2) is 0 Å². The van der Waals surface area contributed by atoms with E-state index in [1.165, 1.54) is 20.9 Å². The van der Waals surface area contributed by atoms with Gasteiger partial charge >= 0.3 is 0 Å². The van der Waals surface area contributed by atoms with Crippen LogP contribution in [0.1, 0.15) is 76.3 Å². The van der Waals surface area contributed by atoms with Crippen molar-refractivity contribution in [2.45, 2.75) is 83.1 Å². The van der Waals surface area contributed by atoms with E-state index in [0.29, 0.717) is 0 Å². The second-order valence-corrected chi connectivity index (χ2v) is 3.89. The molecule has 0 unspecified atom stereocenters. The lowest BCUT2D eigenvalue weighted by Crippen LogP contribution is -1.73. The molecule has 0 aliphatic carbocycles. The summed E-state index contributed by atoms with van der Waals surface area (Å²) in [6, 6.07) is 0. The quantitative estimate of drug-likeness (QED) is 0.467. The van der Waals surface area contributed by atoms with E-state index in [1.807, 2.05) is 66.7 Å². The van der Waals surface area contributed by atoms with Crippen molar-refractivity contribution in [3.8, 4) is 0 Å². The predicted molar refractivity (Wildman–Crippen MR) is 88.7 cm³/mol. The molecule has 0 fully saturated rings. The van der Waals surface area contributed by atoms with Crippen molar-refractivity contribution in [3.05, 3.63) is 20.9 Å². The molecule has 1 heteroatoms. The van der Waals surface area contributed by atoms with Crippen molar-refractivity contribution in [2.75, 3.05) is 0 Å². The first-order valence-corrected chi connectivity index (χ1v) is 7.97. The second kappa shape index (κ2) is 21.0. The van der Waals surface area contributed by atoms with Crippen LogP contribution in [0.2, 0.25) is 0 Å². The average Bonchev–Trinajstić information content (AvgIpc) is 2.66. The highest BCUT2D eigenvalue weighted by Gasteiger charge is 2.02. The lowest BCUT2D eigenvalue weighted by molar-refractivity contribution is 1.32. The summed E-state index contributed by atoms with van der Waals surface area (Å²) in [4.78, 5) is 2.93. The average molecular weight is 261 g/mol. The molecule has 0 aliphatic rings. The van der Waals surface area contributed by atoms with Crippen LogP contribution in [-0.2, 0) is 0 Å². The van der Waals surface area contributed by atoms with Gasteiger partial charge in [-0.2, -0.15) is 0 Å². The van der Waals surface area contributed by atoms with Gasteiger partial charge in [-0.3, -0.25) is 0 Å². The molecule has 0 nitrogen and oxygen atoms in total. The Kier molecular flexibility index (Phi) is 31.6. The van der Waals surface area contributed by atoms with Crippen LogP contribution in [0.4, 0.5) is 0 Å². The van der Waals surface area contributed by atoms with E-state index in [2.05, 4.69) is 27.7 Å². The third-order valence-electron chi connectivity index (χ3n) is 1.92. The Bertz CT molecular complexity index is 199. The molecule has 0 radical (unpaired) electrons. The molecule has 0 spiro atoms. The monoisotopic (exact) mass is 260 g/mol. The molecule has 1 aromatic heterocycles. The predicted octanol–water partition coefficient (Wildman–Crippen LogP) is 7.09. The van der Waals surface area contributed by atoms with Gasteiger partial charge in [0, 0.05) is 9.75 Å². The second-order valence-electron chi connectivity index (χ2n) is 2.46. The van der Waals surface area contributed by atoms with Gasteiger partial charge in [-0.05, 0) is 38.8 Å². The van der Waals surface area contributed by atoms with Crippen molar-refractivity contribution in [1.29, 1.82) is 0 Å². The highest BCUT2D eigenvalue weighted by molar-refractivity contribution is 7.12. The van der Waals surface area contributed by atoms with Gasteiger partial charge in [-0.1, -0.05) is 55.4 Å². The Morgan fingerprint density at radius 3 is 0.706 bits per heavy atom. The minimum atomic E-state index is 1.46. The molecular formula is C16H36S. The highest BCUT2D eigenvalue weighted by Crippen LogP contribution is 2.24. The molecule has 0 aliphatic heterocycles. The van der Waals surface area contributed by atoms with Gasteiger partial charge in [0.25, 0.3) is 0 Å². The molecule has 0 amide bonds. The smallest absolute Gasteiger partial charge is 0.00489 e. The van der Waals surface area contributed by atoms with Gasteiger partial charge in [0.15, 0.2) is 0 Å². The van der Waals surface area contributed by atoms with Crippen LogP contribution in [0.15, 0.2) is 0 Å². The standard InChI is InChI=1S/C8H12S.4C2H6/c1-5-6(2)8(4)9-7(5)3;4*1-2/h1-4H3;4*1-2H3. The van der Waals surface area contributed by atoms with Gasteiger partial charge < -0.3 is 0 Å². The molecule has 106 valence electrons. The first-order valence-electron chi connectivity index (χ1n) is 7.16. The topological polar surface area (TPSA) is 0 Å². The zero-order chi connectivity index (χ0) is 15.0. The molecule has 0 saturated heterocycles. The van der Waals surface area contributed by atoms with Crippen molar-refractivity contribution in [1.82, 2.24) is 0 Å². The summed E-state index contributed by atoms with van der Waals surface area (Å²) >= 11 is 1.90. The summed E-state index contributed by atoms with van der Waals surface area (Å²) in [7, 11) is 0. The molecule has 0 aromatic carbocycles. The lowest BCUT2D eigenvalue weighted by Gasteiger charge is -1.88. The van der Waals surface area contributed by atoms with Crippen LogP contribution in [0.3, 0.4) is 0 Å². The van der Waals surface area contributed by atoms with Gasteiger partial charge in [0.2, 0.25) is 0 Å². The van der Waals surface area contributed by atoms with E-state index in [1.54, 1.807) is 0 Å². The first-order chi connectivity index (χ1) is 8.13. The third kappa shape index (κ3) is 12.0. The number of hydrogen-bond donors (Lipinski definition) is 0. The summed E-state index contributed by atoms with van der Waals surface area (Å²) in [6.45, 7) is 24.7. The van der Waals surface area contributed by atoms with Crippen molar-refractivity contribution < 1.29 is 0 Å². The van der Waals surface area contributed by atoms with E-state index in [4.69, 9.17) is 0 Å². The van der Waals surface area contributed by atoms with Crippen molar-refractivity contribution in [3.63, 3.8) is 0 Å². The summed E-state index contributed by atoms with van der Waals surface area (Å²) in [6.07, 6.45) is 0. The third-order valence-corrected chi connectivity index (χ3v) is 3.15. The highest BCUT2D eigenvalue weighted by atomic mass is 32.1. The Morgan fingerprint density at radius 1 is 0.471 bits per heavy atom. The molecule has 0 bridgehead atoms. The normalized spacial score (nSPS) is 6.82. The fourth-order valence-electron chi connectivity index (χ4n) is 0.911. The fourth-order valence-corrected chi connectivity index (χ4v) is 1.98. The van der Waals surface area contributed by atoms with Crippen LogP contribution in [0, 0.1) is 27.7 Å². The summed E-state index contributed by atoms with van der Waals surface area (Å²) in [5, 5.41) is 0. The van der Waals surface area contributed by atoms with Crippen LogP contribution in [0.5, 0.6) is 0 Å². The molecule has 0 saturated carbocycles. The van der Waals surface area contributed by atoms with Crippen LogP contribution in [-0.4, -0.2) is 0 Å². The van der Waals surface area contributed by atoms with Crippen LogP contribution >= 0.6 is 11.3 Å².